The first-order chi connectivity index (χ1) is 15.8. The van der Waals surface area contributed by atoms with E-state index in [0.717, 1.165) is 60.9 Å². The number of rotatable bonds is 5. The molecule has 3 rings (SSSR count). The molecule has 1 aromatic carbocycles. The molecule has 0 radical (unpaired) electrons. The molecule has 34 heavy (non-hydrogen) atoms. The minimum atomic E-state index is -0.230. The molecular formula is C31H43F2N. The molecule has 3 atom stereocenters. The van der Waals surface area contributed by atoms with Gasteiger partial charge in [-0.2, -0.15) is 0 Å². The van der Waals surface area contributed by atoms with Crippen LogP contribution in [0.3, 0.4) is 0 Å². The van der Waals surface area contributed by atoms with Crippen LogP contribution in [-0.2, 0) is 5.41 Å². The molecule has 0 aromatic heterocycles. The van der Waals surface area contributed by atoms with Crippen LogP contribution in [-0.4, -0.2) is 12.6 Å². The van der Waals surface area contributed by atoms with Gasteiger partial charge < -0.3 is 5.32 Å². The molecule has 0 bridgehead atoms. The van der Waals surface area contributed by atoms with Crippen molar-refractivity contribution in [1.29, 1.82) is 0 Å². The van der Waals surface area contributed by atoms with Gasteiger partial charge >= 0.3 is 0 Å². The Morgan fingerprint density at radius 1 is 1.26 bits per heavy atom. The minimum absolute atomic E-state index is 0.111. The first-order valence-electron chi connectivity index (χ1n) is 12.8. The average Bonchev–Trinajstić information content (AvgIpc) is 2.71. The SMILES string of the molecule is C=C1CC2(CCNC(C(=C)c3ccc(C(C)(C)C)c(F)c3)C2)CC(CC(C)C)/C1=C/C=C(\C)F. The summed E-state index contributed by atoms with van der Waals surface area (Å²) in [6, 6.07) is 5.69. The highest BCUT2D eigenvalue weighted by molar-refractivity contribution is 5.68. The number of benzene rings is 1. The lowest BCUT2D eigenvalue weighted by Gasteiger charge is -2.49. The van der Waals surface area contributed by atoms with E-state index in [-0.39, 0.29) is 28.5 Å². The van der Waals surface area contributed by atoms with Crippen LogP contribution >= 0.6 is 0 Å². The van der Waals surface area contributed by atoms with E-state index in [2.05, 4.69) is 32.3 Å². The molecular weight excluding hydrogens is 424 g/mol. The molecule has 186 valence electrons. The van der Waals surface area contributed by atoms with Gasteiger partial charge in [-0.25, -0.2) is 8.78 Å². The predicted molar refractivity (Wildman–Crippen MR) is 142 cm³/mol. The second-order valence-electron chi connectivity index (χ2n) is 12.1. The normalized spacial score (nSPS) is 27.6. The number of nitrogens with one attached hydrogen (secondary N) is 1. The van der Waals surface area contributed by atoms with Gasteiger partial charge in [-0.15, -0.1) is 0 Å². The Morgan fingerprint density at radius 2 is 1.97 bits per heavy atom. The van der Waals surface area contributed by atoms with Gasteiger partial charge in [0.25, 0.3) is 0 Å². The zero-order valence-corrected chi connectivity index (χ0v) is 22.0. The van der Waals surface area contributed by atoms with Crippen LogP contribution in [0.2, 0.25) is 0 Å². The second-order valence-corrected chi connectivity index (χ2v) is 12.1. The summed E-state index contributed by atoms with van der Waals surface area (Å²) in [5.41, 5.74) is 4.83. The summed E-state index contributed by atoms with van der Waals surface area (Å²) in [6.45, 7) is 21.8. The second kappa shape index (κ2) is 10.3. The van der Waals surface area contributed by atoms with Gasteiger partial charge in [-0.05, 0) is 103 Å². The molecule has 1 heterocycles. The number of piperidine rings is 1. The fourth-order valence-corrected chi connectivity index (χ4v) is 6.02. The fourth-order valence-electron chi connectivity index (χ4n) is 6.02. The Labute approximate surface area is 206 Å². The van der Waals surface area contributed by atoms with E-state index in [1.807, 2.05) is 39.0 Å². The lowest BCUT2D eigenvalue weighted by atomic mass is 9.59. The van der Waals surface area contributed by atoms with Gasteiger partial charge in [-0.3, -0.25) is 0 Å². The summed E-state index contributed by atoms with van der Waals surface area (Å²) in [6.07, 6.45) is 8.67. The number of halogens is 2. The van der Waals surface area contributed by atoms with Crippen LogP contribution in [0.1, 0.15) is 84.8 Å². The fraction of sp³-hybridized carbons (Fsp3) is 0.548. The maximum Gasteiger partial charge on any atom is 0.127 e. The van der Waals surface area contributed by atoms with Crippen LogP contribution < -0.4 is 5.32 Å². The average molecular weight is 468 g/mol. The number of hydrogen-bond donors (Lipinski definition) is 1. The first kappa shape index (κ1) is 26.6. The summed E-state index contributed by atoms with van der Waals surface area (Å²) >= 11 is 0. The third-order valence-corrected chi connectivity index (χ3v) is 7.62. The Hall–Kier alpha value is -2.00. The smallest absolute Gasteiger partial charge is 0.127 e. The lowest BCUT2D eigenvalue weighted by Crippen LogP contribution is -2.47. The predicted octanol–water partition coefficient (Wildman–Crippen LogP) is 8.69. The zero-order chi connectivity index (χ0) is 25.3. The largest absolute Gasteiger partial charge is 0.310 e. The molecule has 2 aliphatic rings. The van der Waals surface area contributed by atoms with Gasteiger partial charge in [0.05, 0.1) is 5.83 Å². The van der Waals surface area contributed by atoms with E-state index in [9.17, 15) is 8.78 Å². The Bertz CT molecular complexity index is 987. The molecule has 1 N–H and O–H groups in total. The van der Waals surface area contributed by atoms with Crippen molar-refractivity contribution in [3.63, 3.8) is 0 Å². The van der Waals surface area contributed by atoms with Crippen LogP contribution in [0.25, 0.3) is 5.57 Å². The topological polar surface area (TPSA) is 12.0 Å². The Kier molecular flexibility index (Phi) is 8.07. The molecule has 1 spiro atoms. The highest BCUT2D eigenvalue weighted by Gasteiger charge is 2.43. The molecule has 1 saturated carbocycles. The van der Waals surface area contributed by atoms with E-state index in [1.54, 1.807) is 12.1 Å². The van der Waals surface area contributed by atoms with Crippen molar-refractivity contribution in [2.75, 3.05) is 6.54 Å². The molecule has 1 aliphatic carbocycles. The van der Waals surface area contributed by atoms with Gasteiger partial charge in [0.1, 0.15) is 5.82 Å². The summed E-state index contributed by atoms with van der Waals surface area (Å²) in [4.78, 5) is 0. The number of hydrogen-bond acceptors (Lipinski definition) is 1. The first-order valence-corrected chi connectivity index (χ1v) is 12.8. The van der Waals surface area contributed by atoms with Gasteiger partial charge in [0, 0.05) is 6.04 Å². The van der Waals surface area contributed by atoms with E-state index in [1.165, 1.54) is 12.5 Å². The third-order valence-electron chi connectivity index (χ3n) is 7.62. The van der Waals surface area contributed by atoms with Crippen molar-refractivity contribution in [3.05, 3.63) is 77.4 Å². The van der Waals surface area contributed by atoms with Crippen LogP contribution in [0.4, 0.5) is 8.78 Å². The van der Waals surface area contributed by atoms with Crippen molar-refractivity contribution in [2.45, 2.75) is 85.1 Å². The molecule has 2 fully saturated rings. The van der Waals surface area contributed by atoms with Crippen LogP contribution in [0.5, 0.6) is 0 Å². The van der Waals surface area contributed by atoms with E-state index in [4.69, 9.17) is 0 Å². The Morgan fingerprint density at radius 3 is 2.56 bits per heavy atom. The van der Waals surface area contributed by atoms with Gasteiger partial charge in [0.2, 0.25) is 0 Å². The van der Waals surface area contributed by atoms with Crippen molar-refractivity contribution in [2.24, 2.45) is 17.3 Å². The van der Waals surface area contributed by atoms with Crippen LogP contribution in [0.15, 0.2) is 60.5 Å². The van der Waals surface area contributed by atoms with Gasteiger partial charge in [0.15, 0.2) is 0 Å². The highest BCUT2D eigenvalue weighted by Crippen LogP contribution is 2.53. The summed E-state index contributed by atoms with van der Waals surface area (Å²) in [5.74, 6) is 0.605. The van der Waals surface area contributed by atoms with E-state index in [0.29, 0.717) is 11.8 Å². The van der Waals surface area contributed by atoms with Crippen molar-refractivity contribution in [1.82, 2.24) is 5.32 Å². The monoisotopic (exact) mass is 467 g/mol. The standard InChI is InChI=1S/C31H43F2N/c1-20(2)15-25-18-31(17-21(3)26(25)11-9-22(4)32)13-14-34-29(19-31)23(5)24-10-12-27(28(33)16-24)30(6,7)8/h9-12,16,20,25,29,34H,3,5,13-15,17-19H2,1-2,4,6-8H3/b22-9+,26-11+. The van der Waals surface area contributed by atoms with E-state index < -0.39 is 0 Å². The molecule has 0 amide bonds. The van der Waals surface area contributed by atoms with Gasteiger partial charge in [-0.1, -0.05) is 71.6 Å². The maximum atomic E-state index is 14.9. The molecule has 1 nitrogen and oxygen atoms in total. The lowest BCUT2D eigenvalue weighted by molar-refractivity contribution is 0.124. The Balaban J connectivity index is 1.84. The van der Waals surface area contributed by atoms with Crippen molar-refractivity contribution < 1.29 is 8.78 Å². The molecule has 1 aliphatic heterocycles. The van der Waals surface area contributed by atoms with E-state index >= 15 is 0 Å². The molecule has 1 saturated heterocycles. The van der Waals surface area contributed by atoms with Crippen LogP contribution in [0, 0.1) is 23.1 Å². The quantitative estimate of drug-likeness (QED) is 0.457. The summed E-state index contributed by atoms with van der Waals surface area (Å²) < 4.78 is 28.4. The molecule has 3 unspecified atom stereocenters. The molecule has 1 aromatic rings. The van der Waals surface area contributed by atoms with Crippen molar-refractivity contribution >= 4 is 5.57 Å². The maximum absolute atomic E-state index is 14.9. The van der Waals surface area contributed by atoms with Crippen molar-refractivity contribution in [3.8, 4) is 0 Å². The summed E-state index contributed by atoms with van der Waals surface area (Å²) in [7, 11) is 0. The highest BCUT2D eigenvalue weighted by atomic mass is 19.1. The number of allylic oxidation sites excluding steroid dienone is 5. The zero-order valence-electron chi connectivity index (χ0n) is 22.0. The third kappa shape index (κ3) is 6.16. The minimum Gasteiger partial charge on any atom is -0.310 e. The summed E-state index contributed by atoms with van der Waals surface area (Å²) in [5, 5.41) is 3.65. The molecule has 3 heteroatoms.